The molecule has 2 atom stereocenters. The van der Waals surface area contributed by atoms with E-state index in [9.17, 15) is 4.79 Å². The van der Waals surface area contributed by atoms with Crippen molar-refractivity contribution in [2.75, 3.05) is 0 Å². The lowest BCUT2D eigenvalue weighted by molar-refractivity contribution is -0.154. The highest BCUT2D eigenvalue weighted by Crippen LogP contribution is 2.24. The number of esters is 1. The second-order valence-electron chi connectivity index (χ2n) is 7.17. The molecule has 2 aliphatic heterocycles. The zero-order valence-corrected chi connectivity index (χ0v) is 16.0. The van der Waals surface area contributed by atoms with Gasteiger partial charge in [-0.2, -0.15) is 0 Å². The van der Waals surface area contributed by atoms with E-state index in [-0.39, 0.29) is 12.1 Å². The molecule has 2 rings (SSSR count). The monoisotopic (exact) mass is 338 g/mol. The molecule has 140 valence electrons. The average molecular weight is 339 g/mol. The number of allylic oxidation sites excluding steroid dienone is 1. The van der Waals surface area contributed by atoms with E-state index in [4.69, 9.17) is 9.47 Å². The van der Waals surface area contributed by atoms with Crippen LogP contribution in [0.3, 0.4) is 0 Å². The molecule has 0 bridgehead atoms. The quantitative estimate of drug-likeness (QED) is 0.384. The number of rotatable bonds is 8. The molecule has 2 fully saturated rings. The van der Waals surface area contributed by atoms with E-state index >= 15 is 0 Å². The van der Waals surface area contributed by atoms with E-state index in [1.54, 1.807) is 0 Å². The van der Waals surface area contributed by atoms with Gasteiger partial charge in [0.2, 0.25) is 0 Å². The van der Waals surface area contributed by atoms with Gasteiger partial charge >= 0.3 is 5.97 Å². The Hall–Kier alpha value is -0.990. The van der Waals surface area contributed by atoms with Gasteiger partial charge in [-0.3, -0.25) is 4.79 Å². The SMILES string of the molecule is C=C1CCC[C@@H](CCCCC)O1.CCCCC[C@H]1CCCC(=O)O1. The molecular weight excluding hydrogens is 300 g/mol. The van der Waals surface area contributed by atoms with E-state index in [0.717, 1.165) is 31.4 Å². The van der Waals surface area contributed by atoms with Gasteiger partial charge in [-0.25, -0.2) is 0 Å². The van der Waals surface area contributed by atoms with Crippen LogP contribution in [0, 0.1) is 0 Å². The Bertz CT molecular complexity index is 317. The van der Waals surface area contributed by atoms with E-state index in [2.05, 4.69) is 20.4 Å². The van der Waals surface area contributed by atoms with Gasteiger partial charge in [0.25, 0.3) is 0 Å². The Morgan fingerprint density at radius 3 is 1.92 bits per heavy atom. The lowest BCUT2D eigenvalue weighted by Crippen LogP contribution is -2.23. The van der Waals surface area contributed by atoms with Crippen LogP contribution in [0.15, 0.2) is 12.3 Å². The molecule has 0 amide bonds. The maximum Gasteiger partial charge on any atom is 0.306 e. The summed E-state index contributed by atoms with van der Waals surface area (Å²) in [7, 11) is 0. The highest BCUT2D eigenvalue weighted by atomic mass is 16.5. The molecule has 3 heteroatoms. The molecule has 2 aliphatic rings. The maximum atomic E-state index is 10.9. The zero-order valence-electron chi connectivity index (χ0n) is 16.0. The molecule has 0 spiro atoms. The van der Waals surface area contributed by atoms with Gasteiger partial charge in [0.15, 0.2) is 0 Å². The Morgan fingerprint density at radius 1 is 0.875 bits per heavy atom. The van der Waals surface area contributed by atoms with Crippen molar-refractivity contribution in [1.29, 1.82) is 0 Å². The van der Waals surface area contributed by atoms with Crippen LogP contribution in [0.4, 0.5) is 0 Å². The van der Waals surface area contributed by atoms with Gasteiger partial charge in [0, 0.05) is 12.8 Å². The fraction of sp³-hybridized carbons (Fsp3) is 0.857. The second kappa shape index (κ2) is 13.3. The van der Waals surface area contributed by atoms with Crippen molar-refractivity contribution in [3.05, 3.63) is 12.3 Å². The summed E-state index contributed by atoms with van der Waals surface area (Å²) in [5.74, 6) is 1.01. The maximum absolute atomic E-state index is 10.9. The van der Waals surface area contributed by atoms with Gasteiger partial charge in [0.05, 0.1) is 11.9 Å². The first-order valence-electron chi connectivity index (χ1n) is 10.2. The summed E-state index contributed by atoms with van der Waals surface area (Å²) in [5, 5.41) is 0. The van der Waals surface area contributed by atoms with E-state index in [1.165, 1.54) is 57.8 Å². The Morgan fingerprint density at radius 2 is 1.42 bits per heavy atom. The molecule has 0 aromatic rings. The van der Waals surface area contributed by atoms with Gasteiger partial charge in [0.1, 0.15) is 6.10 Å². The first-order valence-corrected chi connectivity index (χ1v) is 10.2. The van der Waals surface area contributed by atoms with Crippen molar-refractivity contribution in [2.45, 2.75) is 116 Å². The number of carbonyl (C=O) groups excluding carboxylic acids is 1. The van der Waals surface area contributed by atoms with Crippen LogP contribution in [0.1, 0.15) is 104 Å². The minimum absolute atomic E-state index is 0.00254. The van der Waals surface area contributed by atoms with E-state index in [0.29, 0.717) is 12.5 Å². The molecule has 0 radical (unpaired) electrons. The molecule has 2 heterocycles. The summed E-state index contributed by atoms with van der Waals surface area (Å²) in [5.41, 5.74) is 0. The largest absolute Gasteiger partial charge is 0.495 e. The Balaban J connectivity index is 0.000000240. The fourth-order valence-electron chi connectivity index (χ4n) is 3.31. The average Bonchev–Trinajstić information content (AvgIpc) is 2.56. The van der Waals surface area contributed by atoms with Crippen molar-refractivity contribution in [3.8, 4) is 0 Å². The van der Waals surface area contributed by atoms with Crippen LogP contribution in [0.2, 0.25) is 0 Å². The number of ether oxygens (including phenoxy) is 2. The number of hydrogen-bond donors (Lipinski definition) is 0. The summed E-state index contributed by atoms with van der Waals surface area (Å²) >= 11 is 0. The molecule has 0 unspecified atom stereocenters. The van der Waals surface area contributed by atoms with Crippen LogP contribution in [-0.2, 0) is 14.3 Å². The van der Waals surface area contributed by atoms with Gasteiger partial charge in [-0.05, 0) is 51.4 Å². The smallest absolute Gasteiger partial charge is 0.306 e. The van der Waals surface area contributed by atoms with Crippen molar-refractivity contribution >= 4 is 5.97 Å². The summed E-state index contributed by atoms with van der Waals surface area (Å²) in [6.45, 7) is 8.29. The van der Waals surface area contributed by atoms with Gasteiger partial charge < -0.3 is 9.47 Å². The number of cyclic esters (lactones) is 1. The molecule has 0 aliphatic carbocycles. The van der Waals surface area contributed by atoms with Crippen molar-refractivity contribution in [1.82, 2.24) is 0 Å². The minimum Gasteiger partial charge on any atom is -0.495 e. The fourth-order valence-corrected chi connectivity index (χ4v) is 3.31. The molecule has 0 N–H and O–H groups in total. The first kappa shape index (κ1) is 21.1. The third kappa shape index (κ3) is 10.00. The lowest BCUT2D eigenvalue weighted by Gasteiger charge is -2.25. The number of unbranched alkanes of at least 4 members (excludes halogenated alkanes) is 4. The number of hydrogen-bond acceptors (Lipinski definition) is 3. The Labute approximate surface area is 149 Å². The van der Waals surface area contributed by atoms with Crippen LogP contribution < -0.4 is 0 Å². The van der Waals surface area contributed by atoms with Gasteiger partial charge in [-0.1, -0.05) is 46.1 Å². The van der Waals surface area contributed by atoms with Crippen molar-refractivity contribution in [3.63, 3.8) is 0 Å². The molecule has 0 saturated carbocycles. The van der Waals surface area contributed by atoms with Crippen molar-refractivity contribution < 1.29 is 14.3 Å². The summed E-state index contributed by atoms with van der Waals surface area (Å²) < 4.78 is 10.8. The summed E-state index contributed by atoms with van der Waals surface area (Å²) in [4.78, 5) is 10.9. The molecule has 3 nitrogen and oxygen atoms in total. The van der Waals surface area contributed by atoms with E-state index in [1.807, 2.05) is 0 Å². The van der Waals surface area contributed by atoms with E-state index < -0.39 is 0 Å². The molecular formula is C21H38O3. The highest BCUT2D eigenvalue weighted by molar-refractivity contribution is 5.70. The second-order valence-corrected chi connectivity index (χ2v) is 7.17. The molecule has 0 aromatic heterocycles. The standard InChI is InChI=1S/C11H20O.C10H18O2/c1-3-4-5-8-11-9-6-7-10(2)12-11;1-2-3-4-6-9-7-5-8-10(11)12-9/h11H,2-9H2,1H3;9H,2-8H2,1H3/t11-;9-/m10/s1. The minimum atomic E-state index is 0.00254. The van der Waals surface area contributed by atoms with Gasteiger partial charge in [-0.15, -0.1) is 0 Å². The van der Waals surface area contributed by atoms with Crippen molar-refractivity contribution in [2.24, 2.45) is 0 Å². The molecule has 0 aromatic carbocycles. The summed E-state index contributed by atoms with van der Waals surface area (Å²) in [6, 6.07) is 0. The van der Waals surface area contributed by atoms with Crippen LogP contribution in [0.25, 0.3) is 0 Å². The predicted molar refractivity (Wildman–Crippen MR) is 99.9 cm³/mol. The lowest BCUT2D eigenvalue weighted by atomic mass is 10.0. The van der Waals surface area contributed by atoms with Crippen LogP contribution in [0.5, 0.6) is 0 Å². The molecule has 2 saturated heterocycles. The van der Waals surface area contributed by atoms with Crippen LogP contribution in [-0.4, -0.2) is 18.2 Å². The zero-order chi connectivity index (χ0) is 17.6. The normalized spacial score (nSPS) is 23.8. The summed E-state index contributed by atoms with van der Waals surface area (Å²) in [6.07, 6.45) is 17.0. The number of carbonyl (C=O) groups is 1. The third-order valence-electron chi connectivity index (χ3n) is 4.78. The topological polar surface area (TPSA) is 35.5 Å². The Kier molecular flexibility index (Phi) is 11.7. The molecule has 24 heavy (non-hydrogen) atoms. The highest BCUT2D eigenvalue weighted by Gasteiger charge is 2.19. The van der Waals surface area contributed by atoms with Crippen LogP contribution >= 0.6 is 0 Å². The predicted octanol–water partition coefficient (Wildman–Crippen LogP) is 6.31. The first-order chi connectivity index (χ1) is 11.7. The third-order valence-corrected chi connectivity index (χ3v) is 4.78.